The Bertz CT molecular complexity index is 1050. The van der Waals surface area contributed by atoms with Crippen molar-refractivity contribution < 1.29 is 13.9 Å². The van der Waals surface area contributed by atoms with Gasteiger partial charge >= 0.3 is 0 Å². The summed E-state index contributed by atoms with van der Waals surface area (Å²) < 4.78 is 21.0. The molecule has 5 rings (SSSR count). The Morgan fingerprint density at radius 3 is 2.47 bits per heavy atom. The summed E-state index contributed by atoms with van der Waals surface area (Å²) >= 11 is 0. The molecule has 2 fully saturated rings. The third-order valence-electron chi connectivity index (χ3n) is 6.39. The van der Waals surface area contributed by atoms with Gasteiger partial charge in [-0.2, -0.15) is 0 Å². The molecule has 0 radical (unpaired) electrons. The van der Waals surface area contributed by atoms with Gasteiger partial charge in [0, 0.05) is 49.0 Å². The van der Waals surface area contributed by atoms with Crippen molar-refractivity contribution in [2.45, 2.75) is 38.2 Å². The molecule has 30 heavy (non-hydrogen) atoms. The van der Waals surface area contributed by atoms with Crippen LogP contribution in [0.1, 0.15) is 32.1 Å². The number of nitrogens with zero attached hydrogens (tertiary/aromatic N) is 2. The lowest BCUT2D eigenvalue weighted by molar-refractivity contribution is -0.140. The van der Waals surface area contributed by atoms with Gasteiger partial charge in [-0.05, 0) is 36.6 Å². The molecule has 0 bridgehead atoms. The zero-order valence-electron chi connectivity index (χ0n) is 16.9. The van der Waals surface area contributed by atoms with Gasteiger partial charge in [0.1, 0.15) is 17.4 Å². The summed E-state index contributed by atoms with van der Waals surface area (Å²) in [5.74, 6) is 1.07. The molecule has 0 N–H and O–H groups in total. The highest BCUT2D eigenvalue weighted by atomic mass is 19.1. The summed E-state index contributed by atoms with van der Waals surface area (Å²) in [5.41, 5.74) is 1.72. The van der Waals surface area contributed by atoms with Crippen molar-refractivity contribution in [1.29, 1.82) is 0 Å². The molecule has 1 saturated heterocycles. The molecule has 5 heteroatoms. The molecular weight excluding hydrogens is 379 g/mol. The maximum absolute atomic E-state index is 14.9. The van der Waals surface area contributed by atoms with Crippen LogP contribution in [0.15, 0.2) is 54.7 Å². The first-order valence-electron chi connectivity index (χ1n) is 10.8. The Morgan fingerprint density at radius 1 is 1.00 bits per heavy atom. The van der Waals surface area contributed by atoms with Gasteiger partial charge in [0.05, 0.1) is 0 Å². The number of carbonyl (C=O) groups excluding carboxylic acids is 1. The number of amides is 1. The molecule has 1 saturated carbocycles. The number of pyridine rings is 1. The van der Waals surface area contributed by atoms with Crippen LogP contribution in [-0.4, -0.2) is 35.0 Å². The van der Waals surface area contributed by atoms with E-state index in [1.807, 2.05) is 41.3 Å². The van der Waals surface area contributed by atoms with Gasteiger partial charge in [0.15, 0.2) is 5.82 Å². The molecule has 0 spiro atoms. The number of hydrogen-bond acceptors (Lipinski definition) is 3. The van der Waals surface area contributed by atoms with E-state index in [0.717, 1.165) is 55.5 Å². The molecule has 154 valence electrons. The fraction of sp³-hybridized carbons (Fsp3) is 0.360. The zero-order valence-corrected chi connectivity index (χ0v) is 16.9. The van der Waals surface area contributed by atoms with Crippen LogP contribution in [0.5, 0.6) is 5.75 Å². The van der Waals surface area contributed by atoms with Crippen LogP contribution in [0.2, 0.25) is 0 Å². The number of ether oxygens (including phenoxy) is 1. The summed E-state index contributed by atoms with van der Waals surface area (Å²) in [4.78, 5) is 18.6. The van der Waals surface area contributed by atoms with Crippen molar-refractivity contribution in [3.8, 4) is 16.9 Å². The highest BCUT2D eigenvalue weighted by Crippen LogP contribution is 2.31. The maximum Gasteiger partial charge on any atom is 0.225 e. The summed E-state index contributed by atoms with van der Waals surface area (Å²) in [7, 11) is 0. The number of piperidine rings is 1. The van der Waals surface area contributed by atoms with Crippen molar-refractivity contribution in [2.24, 2.45) is 5.92 Å². The molecule has 1 aromatic heterocycles. The lowest BCUT2D eigenvalue weighted by Crippen LogP contribution is -2.45. The van der Waals surface area contributed by atoms with Gasteiger partial charge in [-0.3, -0.25) is 9.78 Å². The highest BCUT2D eigenvalue weighted by Gasteiger charge is 2.32. The topological polar surface area (TPSA) is 42.4 Å². The number of likely N-dealkylation sites (tertiary alicyclic amines) is 1. The molecule has 2 aliphatic rings. The minimum Gasteiger partial charge on any atom is -0.490 e. The van der Waals surface area contributed by atoms with E-state index in [0.29, 0.717) is 17.0 Å². The average Bonchev–Trinajstić information content (AvgIpc) is 2.74. The predicted molar refractivity (Wildman–Crippen MR) is 115 cm³/mol. The fourth-order valence-electron chi connectivity index (χ4n) is 4.35. The largest absolute Gasteiger partial charge is 0.490 e. The molecular formula is C25H25FN2O2. The Morgan fingerprint density at radius 2 is 1.77 bits per heavy atom. The number of benzene rings is 2. The first kappa shape index (κ1) is 19.0. The van der Waals surface area contributed by atoms with E-state index in [1.165, 1.54) is 6.42 Å². The molecule has 0 atom stereocenters. The van der Waals surface area contributed by atoms with Gasteiger partial charge in [-0.25, -0.2) is 4.39 Å². The quantitative estimate of drug-likeness (QED) is 0.599. The lowest BCUT2D eigenvalue weighted by Gasteiger charge is -2.36. The summed E-state index contributed by atoms with van der Waals surface area (Å²) in [6.45, 7) is 1.54. The zero-order chi connectivity index (χ0) is 20.5. The molecule has 3 aromatic rings. The molecule has 4 nitrogen and oxygen atoms in total. The van der Waals surface area contributed by atoms with Crippen LogP contribution in [0, 0.1) is 11.7 Å². The Kier molecular flexibility index (Phi) is 5.11. The second-order valence-electron chi connectivity index (χ2n) is 8.30. The monoisotopic (exact) mass is 404 g/mol. The van der Waals surface area contributed by atoms with Crippen LogP contribution >= 0.6 is 0 Å². The van der Waals surface area contributed by atoms with E-state index < -0.39 is 0 Å². The Labute approximate surface area is 175 Å². The second kappa shape index (κ2) is 8.05. The molecule has 1 aliphatic heterocycles. The fourth-order valence-corrected chi connectivity index (χ4v) is 4.35. The Balaban J connectivity index is 1.23. The van der Waals surface area contributed by atoms with Crippen LogP contribution in [0.4, 0.5) is 4.39 Å². The van der Waals surface area contributed by atoms with Gasteiger partial charge in [0.25, 0.3) is 0 Å². The minimum atomic E-state index is -0.301. The van der Waals surface area contributed by atoms with Crippen molar-refractivity contribution in [3.05, 3.63) is 60.5 Å². The molecule has 1 amide bonds. The number of carbonyl (C=O) groups is 1. The predicted octanol–water partition coefficient (Wildman–Crippen LogP) is 5.21. The maximum atomic E-state index is 14.9. The normalized spacial score (nSPS) is 17.7. The number of fused-ring (bicyclic) bond motifs is 1. The van der Waals surface area contributed by atoms with Crippen molar-refractivity contribution in [3.63, 3.8) is 0 Å². The highest BCUT2D eigenvalue weighted by molar-refractivity contribution is 5.85. The third-order valence-corrected chi connectivity index (χ3v) is 6.39. The van der Waals surface area contributed by atoms with E-state index in [9.17, 15) is 9.18 Å². The summed E-state index contributed by atoms with van der Waals surface area (Å²) in [6.07, 6.45) is 6.72. The van der Waals surface area contributed by atoms with Gasteiger partial charge < -0.3 is 9.64 Å². The van der Waals surface area contributed by atoms with E-state index in [2.05, 4.69) is 4.98 Å². The number of rotatable bonds is 4. The average molecular weight is 404 g/mol. The minimum absolute atomic E-state index is 0.114. The van der Waals surface area contributed by atoms with E-state index >= 15 is 0 Å². The van der Waals surface area contributed by atoms with E-state index in [4.69, 9.17) is 4.74 Å². The van der Waals surface area contributed by atoms with Crippen molar-refractivity contribution in [1.82, 2.24) is 9.88 Å². The second-order valence-corrected chi connectivity index (χ2v) is 8.30. The summed E-state index contributed by atoms with van der Waals surface area (Å²) in [6, 6.07) is 14.9. The van der Waals surface area contributed by atoms with Crippen LogP contribution < -0.4 is 4.74 Å². The first-order valence-corrected chi connectivity index (χ1v) is 10.8. The number of halogens is 1. The summed E-state index contributed by atoms with van der Waals surface area (Å²) in [5, 5.41) is 0.792. The number of aromatic nitrogens is 1. The van der Waals surface area contributed by atoms with Gasteiger partial charge in [0.2, 0.25) is 5.91 Å². The van der Waals surface area contributed by atoms with Crippen molar-refractivity contribution in [2.75, 3.05) is 13.1 Å². The first-order chi connectivity index (χ1) is 14.7. The van der Waals surface area contributed by atoms with Crippen LogP contribution in [0.25, 0.3) is 22.0 Å². The van der Waals surface area contributed by atoms with E-state index in [1.54, 1.807) is 18.3 Å². The number of hydrogen-bond donors (Lipinski definition) is 0. The Hall–Kier alpha value is -2.95. The van der Waals surface area contributed by atoms with Crippen LogP contribution in [-0.2, 0) is 4.79 Å². The van der Waals surface area contributed by atoms with E-state index in [-0.39, 0.29) is 17.8 Å². The van der Waals surface area contributed by atoms with Crippen molar-refractivity contribution >= 4 is 16.8 Å². The van der Waals surface area contributed by atoms with Gasteiger partial charge in [-0.1, -0.05) is 36.8 Å². The molecule has 0 unspecified atom stereocenters. The molecule has 2 aromatic carbocycles. The smallest absolute Gasteiger partial charge is 0.225 e. The standard InChI is InChI=1S/C25H25FN2O2/c26-23-22(11-8-18-5-2-14-27-24(18)23)17-6-9-20(10-7-17)30-21-12-15-28(16-13-21)25(29)19-3-1-4-19/h2,5-11,14,19,21H,1,3-4,12-13,15-16H2. The third kappa shape index (κ3) is 3.64. The van der Waals surface area contributed by atoms with Gasteiger partial charge in [-0.15, -0.1) is 0 Å². The lowest BCUT2D eigenvalue weighted by atomic mass is 9.84. The molecule has 1 aliphatic carbocycles. The molecule has 2 heterocycles. The SMILES string of the molecule is O=C(C1CCC1)N1CCC(Oc2ccc(-c3ccc4cccnc4c3F)cc2)CC1. The van der Waals surface area contributed by atoms with Crippen LogP contribution in [0.3, 0.4) is 0 Å².